The van der Waals surface area contributed by atoms with Gasteiger partial charge in [0.05, 0.1) is 36.7 Å². The molecule has 1 rings (SSSR count). The fraction of sp³-hybridized carbons (Fsp3) is 0.727. The minimum absolute atomic E-state index is 0.193. The van der Waals surface area contributed by atoms with Crippen LogP contribution < -0.4 is 0 Å². The number of halogens is 1. The van der Waals surface area contributed by atoms with Crippen molar-refractivity contribution in [1.29, 1.82) is 0 Å². The lowest BCUT2D eigenvalue weighted by Gasteiger charge is -2.14. The number of nitrogens with zero attached hydrogens (tertiary/aromatic N) is 2. The fourth-order valence-electron chi connectivity index (χ4n) is 1.51. The Morgan fingerprint density at radius 3 is 2.94 bits per heavy atom. The van der Waals surface area contributed by atoms with Crippen molar-refractivity contribution in [3.63, 3.8) is 0 Å². The van der Waals surface area contributed by atoms with Gasteiger partial charge in [0.15, 0.2) is 0 Å². The quantitative estimate of drug-likeness (QED) is 0.724. The Morgan fingerprint density at radius 2 is 2.29 bits per heavy atom. The van der Waals surface area contributed by atoms with Crippen LogP contribution in [-0.4, -0.2) is 41.8 Å². The summed E-state index contributed by atoms with van der Waals surface area (Å²) in [5, 5.41) is 14.6. The Hall–Kier alpha value is -0.620. The first-order chi connectivity index (χ1) is 8.20. The third-order valence-corrected chi connectivity index (χ3v) is 2.58. The summed E-state index contributed by atoms with van der Waals surface area (Å²) in [5.41, 5.74) is 0.617. The maximum atomic E-state index is 9.99. The standard InChI is InChI=1S/C11H19ClN2O3/c1-3-4-14-11(9(12)7-13-14)10(15)8-17-6-5-16-2/h7,10,15H,3-6,8H2,1-2H3. The molecule has 1 atom stereocenters. The molecule has 6 heteroatoms. The van der Waals surface area contributed by atoms with Gasteiger partial charge in [-0.2, -0.15) is 5.10 Å². The zero-order chi connectivity index (χ0) is 12.7. The molecule has 0 aliphatic rings. The van der Waals surface area contributed by atoms with Crippen LogP contribution in [0.5, 0.6) is 0 Å². The molecule has 0 amide bonds. The van der Waals surface area contributed by atoms with Crippen LogP contribution >= 0.6 is 11.6 Å². The van der Waals surface area contributed by atoms with Gasteiger partial charge in [-0.15, -0.1) is 0 Å². The molecule has 0 aromatic carbocycles. The fourth-order valence-corrected chi connectivity index (χ4v) is 1.78. The molecule has 0 saturated carbocycles. The Kier molecular flexibility index (Phi) is 6.50. The molecule has 1 aromatic heterocycles. The van der Waals surface area contributed by atoms with E-state index < -0.39 is 6.10 Å². The molecule has 0 spiro atoms. The van der Waals surface area contributed by atoms with Crippen LogP contribution in [0, 0.1) is 0 Å². The third kappa shape index (κ3) is 4.27. The van der Waals surface area contributed by atoms with Gasteiger partial charge in [-0.1, -0.05) is 18.5 Å². The van der Waals surface area contributed by atoms with Gasteiger partial charge < -0.3 is 14.6 Å². The summed E-state index contributed by atoms with van der Waals surface area (Å²) in [4.78, 5) is 0. The van der Waals surface area contributed by atoms with Crippen LogP contribution in [0.25, 0.3) is 0 Å². The number of ether oxygens (including phenoxy) is 2. The van der Waals surface area contributed by atoms with Crippen molar-refractivity contribution in [2.45, 2.75) is 26.0 Å². The number of rotatable bonds is 8. The summed E-state index contributed by atoms with van der Waals surface area (Å²) in [6, 6.07) is 0. The summed E-state index contributed by atoms with van der Waals surface area (Å²) in [7, 11) is 1.60. The van der Waals surface area contributed by atoms with Gasteiger partial charge in [0.2, 0.25) is 0 Å². The van der Waals surface area contributed by atoms with E-state index in [4.69, 9.17) is 21.1 Å². The Balaban J connectivity index is 2.54. The van der Waals surface area contributed by atoms with E-state index in [0.29, 0.717) is 23.9 Å². The Labute approximate surface area is 106 Å². The highest BCUT2D eigenvalue weighted by Gasteiger charge is 2.17. The molecular formula is C11H19ClN2O3. The van der Waals surface area contributed by atoms with Gasteiger partial charge in [-0.3, -0.25) is 4.68 Å². The minimum atomic E-state index is -0.756. The highest BCUT2D eigenvalue weighted by atomic mass is 35.5. The summed E-state index contributed by atoms with van der Waals surface area (Å²) >= 11 is 5.99. The second kappa shape index (κ2) is 7.66. The van der Waals surface area contributed by atoms with Crippen LogP contribution in [0.1, 0.15) is 25.1 Å². The maximum Gasteiger partial charge on any atom is 0.120 e. The molecule has 1 N–H and O–H groups in total. The predicted molar refractivity (Wildman–Crippen MR) is 65.2 cm³/mol. The smallest absolute Gasteiger partial charge is 0.120 e. The highest BCUT2D eigenvalue weighted by molar-refractivity contribution is 6.31. The van der Waals surface area contributed by atoms with E-state index in [9.17, 15) is 5.11 Å². The molecule has 0 saturated heterocycles. The van der Waals surface area contributed by atoms with Gasteiger partial charge in [0, 0.05) is 13.7 Å². The Bertz CT molecular complexity index is 331. The van der Waals surface area contributed by atoms with Crippen molar-refractivity contribution in [2.24, 2.45) is 0 Å². The van der Waals surface area contributed by atoms with Gasteiger partial charge in [0.1, 0.15) is 6.10 Å². The van der Waals surface area contributed by atoms with Crippen molar-refractivity contribution in [2.75, 3.05) is 26.9 Å². The van der Waals surface area contributed by atoms with Crippen molar-refractivity contribution in [3.8, 4) is 0 Å². The lowest BCUT2D eigenvalue weighted by atomic mass is 10.2. The van der Waals surface area contributed by atoms with E-state index in [1.54, 1.807) is 18.0 Å². The Morgan fingerprint density at radius 1 is 1.53 bits per heavy atom. The van der Waals surface area contributed by atoms with Gasteiger partial charge in [0.25, 0.3) is 0 Å². The molecule has 0 fully saturated rings. The van der Waals surface area contributed by atoms with Crippen LogP contribution in [0.15, 0.2) is 6.20 Å². The molecule has 1 unspecified atom stereocenters. The zero-order valence-corrected chi connectivity index (χ0v) is 11.0. The molecule has 1 aromatic rings. The molecule has 17 heavy (non-hydrogen) atoms. The average Bonchev–Trinajstić information content (AvgIpc) is 2.66. The number of hydrogen-bond acceptors (Lipinski definition) is 4. The number of aromatic nitrogens is 2. The zero-order valence-electron chi connectivity index (χ0n) is 10.2. The topological polar surface area (TPSA) is 56.5 Å². The first kappa shape index (κ1) is 14.4. The molecule has 5 nitrogen and oxygen atoms in total. The first-order valence-corrected chi connectivity index (χ1v) is 6.04. The van der Waals surface area contributed by atoms with E-state index in [1.165, 1.54) is 0 Å². The summed E-state index contributed by atoms with van der Waals surface area (Å²) in [6.07, 6.45) is 1.72. The van der Waals surface area contributed by atoms with E-state index in [2.05, 4.69) is 5.10 Å². The van der Waals surface area contributed by atoms with Crippen LogP contribution in [0.2, 0.25) is 5.02 Å². The SMILES string of the molecule is CCCn1ncc(Cl)c1C(O)COCCOC. The molecule has 0 aliphatic heterocycles. The number of aliphatic hydroxyl groups excluding tert-OH is 1. The number of aryl methyl sites for hydroxylation is 1. The monoisotopic (exact) mass is 262 g/mol. The minimum Gasteiger partial charge on any atom is -0.384 e. The molecule has 0 bridgehead atoms. The van der Waals surface area contributed by atoms with Crippen molar-refractivity contribution in [3.05, 3.63) is 16.9 Å². The summed E-state index contributed by atoms with van der Waals surface area (Å²) < 4.78 is 11.8. The maximum absolute atomic E-state index is 9.99. The van der Waals surface area contributed by atoms with Crippen molar-refractivity contribution in [1.82, 2.24) is 9.78 Å². The van der Waals surface area contributed by atoms with E-state index in [1.807, 2.05) is 6.92 Å². The van der Waals surface area contributed by atoms with Crippen LogP contribution in [-0.2, 0) is 16.0 Å². The molecule has 98 valence electrons. The number of hydrogen-bond donors (Lipinski definition) is 1. The summed E-state index contributed by atoms with van der Waals surface area (Å²) in [5.74, 6) is 0. The average molecular weight is 263 g/mol. The molecule has 0 aliphatic carbocycles. The number of aliphatic hydroxyl groups is 1. The second-order valence-electron chi connectivity index (χ2n) is 3.68. The van der Waals surface area contributed by atoms with E-state index in [-0.39, 0.29) is 6.61 Å². The first-order valence-electron chi connectivity index (χ1n) is 5.66. The largest absolute Gasteiger partial charge is 0.384 e. The van der Waals surface area contributed by atoms with E-state index >= 15 is 0 Å². The van der Waals surface area contributed by atoms with Crippen molar-refractivity contribution >= 4 is 11.6 Å². The molecule has 0 radical (unpaired) electrons. The van der Waals surface area contributed by atoms with Crippen molar-refractivity contribution < 1.29 is 14.6 Å². The van der Waals surface area contributed by atoms with E-state index in [0.717, 1.165) is 13.0 Å². The normalized spacial score (nSPS) is 12.9. The third-order valence-electron chi connectivity index (χ3n) is 2.29. The van der Waals surface area contributed by atoms with Gasteiger partial charge >= 0.3 is 0 Å². The van der Waals surface area contributed by atoms with Crippen LogP contribution in [0.4, 0.5) is 0 Å². The van der Waals surface area contributed by atoms with Crippen LogP contribution in [0.3, 0.4) is 0 Å². The lowest BCUT2D eigenvalue weighted by molar-refractivity contribution is 0.00938. The second-order valence-corrected chi connectivity index (χ2v) is 4.09. The van der Waals surface area contributed by atoms with Gasteiger partial charge in [-0.05, 0) is 6.42 Å². The number of methoxy groups -OCH3 is 1. The molecule has 1 heterocycles. The lowest BCUT2D eigenvalue weighted by Crippen LogP contribution is -2.15. The molecular weight excluding hydrogens is 244 g/mol. The summed E-state index contributed by atoms with van der Waals surface area (Å²) in [6.45, 7) is 3.93. The van der Waals surface area contributed by atoms with Gasteiger partial charge in [-0.25, -0.2) is 0 Å². The predicted octanol–water partition coefficient (Wildman–Crippen LogP) is 1.64. The highest BCUT2D eigenvalue weighted by Crippen LogP contribution is 2.23.